The highest BCUT2D eigenvalue weighted by Gasteiger charge is 2.33. The predicted octanol–water partition coefficient (Wildman–Crippen LogP) is 2.37. The highest BCUT2D eigenvalue weighted by molar-refractivity contribution is 9.09. The number of rotatable bonds is 3. The van der Waals surface area contributed by atoms with Crippen molar-refractivity contribution in [1.82, 2.24) is 14.9 Å². The smallest absolute Gasteiger partial charge is 0.273 e. The molecule has 1 heterocycles. The first-order chi connectivity index (χ1) is 7.76. The number of aromatic nitrogens is 2. The Labute approximate surface area is 107 Å². The molecule has 2 rings (SSSR count). The number of carbonyl (C=O) groups is 1. The summed E-state index contributed by atoms with van der Waals surface area (Å²) < 4.78 is 3.70. The fourth-order valence-corrected chi connectivity index (χ4v) is 3.23. The van der Waals surface area contributed by atoms with E-state index in [4.69, 9.17) is 0 Å². The number of hydrogen-bond donors (Lipinski definition) is 1. The van der Waals surface area contributed by atoms with Gasteiger partial charge in [0.2, 0.25) is 0 Å². The van der Waals surface area contributed by atoms with Crippen LogP contribution >= 0.6 is 27.5 Å². The van der Waals surface area contributed by atoms with Gasteiger partial charge in [-0.15, -0.1) is 5.10 Å². The lowest BCUT2D eigenvalue weighted by Crippen LogP contribution is -2.51. The molecule has 16 heavy (non-hydrogen) atoms. The summed E-state index contributed by atoms with van der Waals surface area (Å²) in [6.45, 7) is 0. The van der Waals surface area contributed by atoms with E-state index in [-0.39, 0.29) is 11.4 Å². The van der Waals surface area contributed by atoms with Crippen molar-refractivity contribution in [2.45, 2.75) is 37.6 Å². The fourth-order valence-electron chi connectivity index (χ4n) is 2.09. The van der Waals surface area contributed by atoms with E-state index in [2.05, 4.69) is 30.8 Å². The van der Waals surface area contributed by atoms with Crippen molar-refractivity contribution in [3.05, 3.63) is 11.1 Å². The molecule has 1 aliphatic carbocycles. The maximum atomic E-state index is 11.9. The zero-order chi connectivity index (χ0) is 11.4. The van der Waals surface area contributed by atoms with Crippen LogP contribution in [-0.4, -0.2) is 26.4 Å². The monoisotopic (exact) mass is 303 g/mol. The Hall–Kier alpha value is -0.490. The number of amides is 1. The Balaban J connectivity index is 2.03. The van der Waals surface area contributed by atoms with Gasteiger partial charge in [0.1, 0.15) is 0 Å². The molecule has 0 unspecified atom stereocenters. The first-order valence-corrected chi connectivity index (χ1v) is 7.37. The van der Waals surface area contributed by atoms with Crippen LogP contribution in [0.15, 0.2) is 5.38 Å². The summed E-state index contributed by atoms with van der Waals surface area (Å²) in [5.74, 6) is -0.102. The van der Waals surface area contributed by atoms with Crippen LogP contribution < -0.4 is 5.32 Å². The minimum atomic E-state index is -0.102. The molecule has 1 N–H and O–H groups in total. The summed E-state index contributed by atoms with van der Waals surface area (Å²) in [4.78, 5) is 11.9. The van der Waals surface area contributed by atoms with Crippen molar-refractivity contribution in [3.63, 3.8) is 0 Å². The molecule has 88 valence electrons. The van der Waals surface area contributed by atoms with E-state index in [1.165, 1.54) is 30.8 Å². The summed E-state index contributed by atoms with van der Waals surface area (Å²) in [5, 5.41) is 9.38. The van der Waals surface area contributed by atoms with E-state index in [1.54, 1.807) is 5.38 Å². The molecule has 0 bridgehead atoms. The number of alkyl halides is 1. The number of nitrogens with one attached hydrogen (secondary N) is 1. The molecule has 0 spiro atoms. The Morgan fingerprint density at radius 3 is 2.81 bits per heavy atom. The van der Waals surface area contributed by atoms with Crippen LogP contribution in [0.25, 0.3) is 0 Å². The van der Waals surface area contributed by atoms with Crippen LogP contribution in [0.1, 0.15) is 42.6 Å². The second kappa shape index (κ2) is 5.23. The van der Waals surface area contributed by atoms with Gasteiger partial charge in [0, 0.05) is 10.7 Å². The maximum Gasteiger partial charge on any atom is 0.273 e. The summed E-state index contributed by atoms with van der Waals surface area (Å²) in [6.07, 6.45) is 5.72. The third kappa shape index (κ3) is 2.60. The summed E-state index contributed by atoms with van der Waals surface area (Å²) >= 11 is 4.71. The standard InChI is InChI=1S/C10H14BrN3OS/c11-7-10(4-2-1-3-5-10)12-9(15)8-6-16-14-13-8/h6H,1-5,7H2,(H,12,15). The quantitative estimate of drug-likeness (QED) is 0.872. The molecule has 0 aliphatic heterocycles. The minimum Gasteiger partial charge on any atom is -0.344 e. The maximum absolute atomic E-state index is 11.9. The summed E-state index contributed by atoms with van der Waals surface area (Å²) in [7, 11) is 0. The van der Waals surface area contributed by atoms with Gasteiger partial charge < -0.3 is 5.32 Å². The van der Waals surface area contributed by atoms with Gasteiger partial charge in [-0.05, 0) is 24.4 Å². The third-order valence-electron chi connectivity index (χ3n) is 3.04. The Morgan fingerprint density at radius 1 is 1.50 bits per heavy atom. The molecule has 4 nitrogen and oxygen atoms in total. The average Bonchev–Trinajstić information content (AvgIpc) is 2.84. The molecule has 0 saturated heterocycles. The largest absolute Gasteiger partial charge is 0.344 e. The van der Waals surface area contributed by atoms with Crippen molar-refractivity contribution in [2.75, 3.05) is 5.33 Å². The van der Waals surface area contributed by atoms with Crippen molar-refractivity contribution >= 4 is 33.4 Å². The Kier molecular flexibility index (Phi) is 3.91. The molecule has 1 fully saturated rings. The van der Waals surface area contributed by atoms with Crippen LogP contribution in [0, 0.1) is 0 Å². The molecule has 0 radical (unpaired) electrons. The Bertz CT molecular complexity index is 349. The SMILES string of the molecule is O=C(NC1(CBr)CCCCC1)c1csnn1. The van der Waals surface area contributed by atoms with E-state index in [1.807, 2.05) is 0 Å². The number of halogens is 1. The zero-order valence-electron chi connectivity index (χ0n) is 8.91. The molecule has 6 heteroatoms. The van der Waals surface area contributed by atoms with Gasteiger partial charge in [-0.1, -0.05) is 39.7 Å². The second-order valence-corrected chi connectivity index (χ2v) is 5.39. The van der Waals surface area contributed by atoms with Crippen molar-refractivity contribution in [1.29, 1.82) is 0 Å². The zero-order valence-corrected chi connectivity index (χ0v) is 11.3. The van der Waals surface area contributed by atoms with Crippen LogP contribution in [0.5, 0.6) is 0 Å². The molecule has 1 aromatic rings. The van der Waals surface area contributed by atoms with Crippen molar-refractivity contribution in [2.24, 2.45) is 0 Å². The number of hydrogen-bond acceptors (Lipinski definition) is 4. The van der Waals surface area contributed by atoms with Gasteiger partial charge in [-0.2, -0.15) is 0 Å². The Morgan fingerprint density at radius 2 is 2.25 bits per heavy atom. The van der Waals surface area contributed by atoms with Crippen LogP contribution in [0.3, 0.4) is 0 Å². The van der Waals surface area contributed by atoms with Gasteiger partial charge in [0.25, 0.3) is 5.91 Å². The topological polar surface area (TPSA) is 54.9 Å². The lowest BCUT2D eigenvalue weighted by atomic mass is 9.83. The van der Waals surface area contributed by atoms with Gasteiger partial charge in [0.15, 0.2) is 5.69 Å². The molecular formula is C10H14BrN3OS. The van der Waals surface area contributed by atoms with Crippen molar-refractivity contribution in [3.8, 4) is 0 Å². The van der Waals surface area contributed by atoms with Gasteiger partial charge in [-0.3, -0.25) is 4.79 Å². The molecule has 0 aromatic carbocycles. The minimum absolute atomic E-state index is 0.0844. The first kappa shape index (κ1) is 12.0. The van der Waals surface area contributed by atoms with Gasteiger partial charge in [0.05, 0.1) is 5.54 Å². The van der Waals surface area contributed by atoms with Gasteiger partial charge in [-0.25, -0.2) is 0 Å². The van der Waals surface area contributed by atoms with E-state index in [0.717, 1.165) is 18.2 Å². The average molecular weight is 304 g/mol. The lowest BCUT2D eigenvalue weighted by molar-refractivity contribution is 0.0881. The molecule has 1 saturated carbocycles. The van der Waals surface area contributed by atoms with Crippen LogP contribution in [0.2, 0.25) is 0 Å². The lowest BCUT2D eigenvalue weighted by Gasteiger charge is -2.36. The molecular weight excluding hydrogens is 290 g/mol. The highest BCUT2D eigenvalue weighted by Crippen LogP contribution is 2.30. The van der Waals surface area contributed by atoms with E-state index < -0.39 is 0 Å². The second-order valence-electron chi connectivity index (χ2n) is 4.22. The summed E-state index contributed by atoms with van der Waals surface area (Å²) in [5.41, 5.74) is 0.342. The first-order valence-electron chi connectivity index (χ1n) is 5.41. The number of carbonyl (C=O) groups excluding carboxylic acids is 1. The van der Waals surface area contributed by atoms with E-state index >= 15 is 0 Å². The van der Waals surface area contributed by atoms with E-state index in [0.29, 0.717) is 5.69 Å². The van der Waals surface area contributed by atoms with Crippen LogP contribution in [-0.2, 0) is 0 Å². The summed E-state index contributed by atoms with van der Waals surface area (Å²) in [6, 6.07) is 0. The molecule has 1 aromatic heterocycles. The molecule has 1 amide bonds. The molecule has 1 aliphatic rings. The van der Waals surface area contributed by atoms with Gasteiger partial charge >= 0.3 is 0 Å². The van der Waals surface area contributed by atoms with Crippen molar-refractivity contribution < 1.29 is 4.79 Å². The number of nitrogens with zero attached hydrogens (tertiary/aromatic N) is 2. The van der Waals surface area contributed by atoms with E-state index in [9.17, 15) is 4.79 Å². The fraction of sp³-hybridized carbons (Fsp3) is 0.700. The third-order valence-corrected chi connectivity index (χ3v) is 4.62. The normalized spacial score (nSPS) is 19.3. The highest BCUT2D eigenvalue weighted by atomic mass is 79.9. The van der Waals surface area contributed by atoms with Crippen LogP contribution in [0.4, 0.5) is 0 Å². The predicted molar refractivity (Wildman–Crippen MR) is 67.0 cm³/mol. The molecule has 0 atom stereocenters.